The van der Waals surface area contributed by atoms with E-state index in [2.05, 4.69) is 5.32 Å². The minimum absolute atomic E-state index is 0.0731. The van der Waals surface area contributed by atoms with E-state index in [-0.39, 0.29) is 17.2 Å². The Balaban J connectivity index is 2.82. The van der Waals surface area contributed by atoms with Gasteiger partial charge in [0.15, 0.2) is 0 Å². The van der Waals surface area contributed by atoms with Crippen LogP contribution in [0.4, 0.5) is 5.69 Å². The second-order valence-corrected chi connectivity index (χ2v) is 2.91. The smallest absolute Gasteiger partial charge is 0.325 e. The van der Waals surface area contributed by atoms with E-state index in [4.69, 9.17) is 10.2 Å². The molecule has 0 spiro atoms. The molecule has 0 aromatic heterocycles. The predicted octanol–water partition coefficient (Wildman–Crippen LogP) is 0.983. The summed E-state index contributed by atoms with van der Waals surface area (Å²) >= 11 is 0. The highest BCUT2D eigenvalue weighted by molar-refractivity contribution is 5.77. The molecule has 4 N–H and O–H groups in total. The third-order valence-corrected chi connectivity index (χ3v) is 1.72. The summed E-state index contributed by atoms with van der Waals surface area (Å²) in [5.41, 5.74) is 0.276. The van der Waals surface area contributed by atoms with E-state index in [0.29, 0.717) is 0 Å². The van der Waals surface area contributed by atoms with E-state index in [1.165, 1.54) is 19.1 Å². The molecule has 5 heteroatoms. The lowest BCUT2D eigenvalue weighted by Crippen LogP contribution is -2.25. The molecule has 0 saturated heterocycles. The molecule has 0 saturated carbocycles. The van der Waals surface area contributed by atoms with Gasteiger partial charge < -0.3 is 20.6 Å². The molecule has 0 fully saturated rings. The highest BCUT2D eigenvalue weighted by atomic mass is 16.4. The largest absolute Gasteiger partial charge is 0.508 e. The number of hydrogen-bond acceptors (Lipinski definition) is 4. The van der Waals surface area contributed by atoms with E-state index >= 15 is 0 Å². The lowest BCUT2D eigenvalue weighted by atomic mass is 10.2. The molecule has 0 radical (unpaired) electrons. The zero-order chi connectivity index (χ0) is 10.7. The van der Waals surface area contributed by atoms with Gasteiger partial charge in [0.05, 0.1) is 5.69 Å². The zero-order valence-electron chi connectivity index (χ0n) is 7.56. The molecular formula is C9H11NO4. The standard InChI is InChI=1S/C9H11NO4/c1-5(9(13)14)10-7-3-2-6(11)4-8(7)12/h2-5,10-12H,1H3,(H,13,14). The molecule has 0 aliphatic rings. The van der Waals surface area contributed by atoms with Crippen LogP contribution in [0.1, 0.15) is 6.92 Å². The Hall–Kier alpha value is -1.91. The summed E-state index contributed by atoms with van der Waals surface area (Å²) in [6, 6.07) is 3.10. The van der Waals surface area contributed by atoms with Crippen LogP contribution < -0.4 is 5.32 Å². The van der Waals surface area contributed by atoms with Crippen molar-refractivity contribution in [2.75, 3.05) is 5.32 Å². The summed E-state index contributed by atoms with van der Waals surface area (Å²) in [4.78, 5) is 10.5. The number of phenols is 2. The Morgan fingerprint density at radius 2 is 2.07 bits per heavy atom. The average molecular weight is 197 g/mol. The van der Waals surface area contributed by atoms with Crippen LogP contribution >= 0.6 is 0 Å². The quantitative estimate of drug-likeness (QED) is 0.428. The fourth-order valence-electron chi connectivity index (χ4n) is 0.937. The molecule has 1 aromatic rings. The number of rotatable bonds is 3. The van der Waals surface area contributed by atoms with Crippen molar-refractivity contribution in [2.24, 2.45) is 0 Å². The van der Waals surface area contributed by atoms with Gasteiger partial charge >= 0.3 is 5.97 Å². The van der Waals surface area contributed by atoms with Gasteiger partial charge in [-0.25, -0.2) is 0 Å². The SMILES string of the molecule is CC(Nc1ccc(O)cc1O)C(=O)O. The molecular weight excluding hydrogens is 186 g/mol. The minimum atomic E-state index is -1.02. The average Bonchev–Trinajstić information content (AvgIpc) is 2.09. The minimum Gasteiger partial charge on any atom is -0.508 e. The van der Waals surface area contributed by atoms with E-state index in [9.17, 15) is 9.90 Å². The molecule has 1 unspecified atom stereocenters. The van der Waals surface area contributed by atoms with Gasteiger partial charge in [-0.1, -0.05) is 0 Å². The second kappa shape index (κ2) is 3.87. The first-order valence-corrected chi connectivity index (χ1v) is 4.02. The van der Waals surface area contributed by atoms with Crippen LogP contribution in [-0.2, 0) is 4.79 Å². The Bertz CT molecular complexity index is 351. The molecule has 0 heterocycles. The first-order chi connectivity index (χ1) is 6.50. The highest BCUT2D eigenvalue weighted by Crippen LogP contribution is 2.27. The number of anilines is 1. The zero-order valence-corrected chi connectivity index (χ0v) is 7.56. The summed E-state index contributed by atoms with van der Waals surface area (Å²) in [6.07, 6.45) is 0. The molecule has 76 valence electrons. The van der Waals surface area contributed by atoms with Crippen LogP contribution in [0.15, 0.2) is 18.2 Å². The van der Waals surface area contributed by atoms with Crippen LogP contribution in [0.5, 0.6) is 11.5 Å². The summed E-state index contributed by atoms with van der Waals surface area (Å²) in [7, 11) is 0. The molecule has 0 amide bonds. The van der Waals surface area contributed by atoms with Crippen molar-refractivity contribution in [3.63, 3.8) is 0 Å². The van der Waals surface area contributed by atoms with Crippen LogP contribution in [0.2, 0.25) is 0 Å². The van der Waals surface area contributed by atoms with Crippen LogP contribution in [-0.4, -0.2) is 27.3 Å². The first kappa shape index (κ1) is 10.2. The molecule has 1 rings (SSSR count). The summed E-state index contributed by atoms with van der Waals surface area (Å²) in [5.74, 6) is -1.27. The van der Waals surface area contributed by atoms with Crippen LogP contribution in [0.25, 0.3) is 0 Å². The molecule has 0 aliphatic carbocycles. The number of nitrogens with one attached hydrogen (secondary N) is 1. The highest BCUT2D eigenvalue weighted by Gasteiger charge is 2.12. The van der Waals surface area contributed by atoms with Gasteiger partial charge in [-0.2, -0.15) is 0 Å². The maximum absolute atomic E-state index is 10.5. The number of aliphatic carboxylic acids is 1. The fraction of sp³-hybridized carbons (Fsp3) is 0.222. The van der Waals surface area contributed by atoms with Crippen LogP contribution in [0, 0.1) is 0 Å². The summed E-state index contributed by atoms with van der Waals surface area (Å²) in [6.45, 7) is 1.45. The summed E-state index contributed by atoms with van der Waals surface area (Å²) in [5, 5.41) is 29.5. The van der Waals surface area contributed by atoms with E-state index in [1.807, 2.05) is 0 Å². The molecule has 5 nitrogen and oxygen atoms in total. The number of carboxylic acid groups (broad SMARTS) is 1. The van der Waals surface area contributed by atoms with Gasteiger partial charge in [0, 0.05) is 6.07 Å². The number of carboxylic acids is 1. The first-order valence-electron chi connectivity index (χ1n) is 4.02. The molecule has 1 atom stereocenters. The van der Waals surface area contributed by atoms with E-state index in [0.717, 1.165) is 6.07 Å². The molecule has 0 aliphatic heterocycles. The maximum atomic E-state index is 10.5. The Morgan fingerprint density at radius 3 is 2.57 bits per heavy atom. The Labute approximate surface area is 80.6 Å². The molecule has 1 aromatic carbocycles. The number of hydrogen-bond donors (Lipinski definition) is 4. The Morgan fingerprint density at radius 1 is 1.43 bits per heavy atom. The third-order valence-electron chi connectivity index (χ3n) is 1.72. The van der Waals surface area contributed by atoms with Crippen LogP contribution in [0.3, 0.4) is 0 Å². The monoisotopic (exact) mass is 197 g/mol. The normalized spacial score (nSPS) is 12.1. The van der Waals surface area contributed by atoms with Crippen molar-refractivity contribution in [1.82, 2.24) is 0 Å². The van der Waals surface area contributed by atoms with Crippen molar-refractivity contribution in [3.05, 3.63) is 18.2 Å². The van der Waals surface area contributed by atoms with Crippen molar-refractivity contribution < 1.29 is 20.1 Å². The van der Waals surface area contributed by atoms with Gasteiger partial charge in [-0.05, 0) is 19.1 Å². The van der Waals surface area contributed by atoms with Crippen molar-refractivity contribution in [1.29, 1.82) is 0 Å². The third kappa shape index (κ3) is 2.29. The van der Waals surface area contributed by atoms with E-state index in [1.54, 1.807) is 0 Å². The van der Waals surface area contributed by atoms with Crippen molar-refractivity contribution in [2.45, 2.75) is 13.0 Å². The fourth-order valence-corrected chi connectivity index (χ4v) is 0.937. The van der Waals surface area contributed by atoms with Gasteiger partial charge in [-0.15, -0.1) is 0 Å². The van der Waals surface area contributed by atoms with E-state index < -0.39 is 12.0 Å². The topological polar surface area (TPSA) is 89.8 Å². The number of phenolic OH excluding ortho intramolecular Hbond substituents is 2. The lowest BCUT2D eigenvalue weighted by molar-refractivity contribution is -0.137. The maximum Gasteiger partial charge on any atom is 0.325 e. The predicted molar refractivity (Wildman–Crippen MR) is 50.5 cm³/mol. The molecule has 14 heavy (non-hydrogen) atoms. The van der Waals surface area contributed by atoms with Gasteiger partial charge in [-0.3, -0.25) is 4.79 Å². The van der Waals surface area contributed by atoms with Gasteiger partial charge in [0.25, 0.3) is 0 Å². The second-order valence-electron chi connectivity index (χ2n) is 2.91. The number of carbonyl (C=O) groups is 1. The molecule has 0 bridgehead atoms. The number of benzene rings is 1. The van der Waals surface area contributed by atoms with Gasteiger partial charge in [0.2, 0.25) is 0 Å². The summed E-state index contributed by atoms with van der Waals surface area (Å²) < 4.78 is 0. The lowest BCUT2D eigenvalue weighted by Gasteiger charge is -2.11. The Kier molecular flexibility index (Phi) is 2.81. The number of aromatic hydroxyl groups is 2. The van der Waals surface area contributed by atoms with Gasteiger partial charge in [0.1, 0.15) is 17.5 Å². The van der Waals surface area contributed by atoms with Crippen molar-refractivity contribution in [3.8, 4) is 11.5 Å². The van der Waals surface area contributed by atoms with Crippen molar-refractivity contribution >= 4 is 11.7 Å².